The van der Waals surface area contributed by atoms with Crippen LogP contribution in [0.4, 0.5) is 11.4 Å². The van der Waals surface area contributed by atoms with Gasteiger partial charge in [0.05, 0.1) is 23.5 Å². The monoisotopic (exact) mass is 407 g/mol. The normalized spacial score (nSPS) is 10.7. The van der Waals surface area contributed by atoms with Crippen LogP contribution < -0.4 is 16.0 Å². The topological polar surface area (TPSA) is 114 Å². The van der Waals surface area contributed by atoms with Gasteiger partial charge in [-0.15, -0.1) is 5.10 Å². The van der Waals surface area contributed by atoms with Crippen LogP contribution in [0, 0.1) is 12.8 Å². The number of hydrogen-bond donors (Lipinski definition) is 3. The van der Waals surface area contributed by atoms with Crippen molar-refractivity contribution in [2.24, 2.45) is 5.92 Å². The van der Waals surface area contributed by atoms with Crippen LogP contribution in [0.2, 0.25) is 0 Å². The number of hydrogen-bond acceptors (Lipinski definition) is 6. The predicted molar refractivity (Wildman–Crippen MR) is 115 cm³/mol. The minimum Gasteiger partial charge on any atom is -0.376 e. The molecule has 0 unspecified atom stereocenters. The van der Waals surface area contributed by atoms with Gasteiger partial charge in [-0.05, 0) is 53.6 Å². The highest BCUT2D eigenvalue weighted by Crippen LogP contribution is 2.16. The molecule has 0 aliphatic rings. The van der Waals surface area contributed by atoms with E-state index in [4.69, 9.17) is 0 Å². The summed E-state index contributed by atoms with van der Waals surface area (Å²) in [6, 6.07) is 14.4. The Morgan fingerprint density at radius 2 is 1.90 bits per heavy atom. The number of rotatable bonds is 8. The van der Waals surface area contributed by atoms with Gasteiger partial charge in [0.2, 0.25) is 5.91 Å². The quantitative estimate of drug-likeness (QED) is 0.528. The molecule has 0 spiro atoms. The van der Waals surface area contributed by atoms with Crippen molar-refractivity contribution in [1.82, 2.24) is 25.5 Å². The second-order valence-corrected chi connectivity index (χ2v) is 7.24. The summed E-state index contributed by atoms with van der Waals surface area (Å²) in [5.41, 5.74) is 2.45. The molecular formula is C21H25N7O2. The van der Waals surface area contributed by atoms with Crippen molar-refractivity contribution in [3.8, 4) is 5.69 Å². The summed E-state index contributed by atoms with van der Waals surface area (Å²) in [6.07, 6.45) is 0. The fourth-order valence-electron chi connectivity index (χ4n) is 2.78. The standard InChI is InChI=1S/C21H25N7O2/c1-14(2)12-23-21(30)18-9-4-5-10-19(18)24-20(29)13-22-16-7-6-8-17(11-16)28-15(3)25-26-27-28/h4-11,14,22H,12-13H2,1-3H3,(H,23,30)(H,24,29). The van der Waals surface area contributed by atoms with E-state index in [1.807, 2.05) is 45.0 Å². The molecule has 1 aromatic heterocycles. The molecule has 9 nitrogen and oxygen atoms in total. The number of amides is 2. The van der Waals surface area contributed by atoms with Gasteiger partial charge in [0, 0.05) is 12.2 Å². The van der Waals surface area contributed by atoms with Crippen molar-refractivity contribution in [1.29, 1.82) is 0 Å². The number of nitrogens with zero attached hydrogens (tertiary/aromatic N) is 4. The number of benzene rings is 2. The van der Waals surface area contributed by atoms with Gasteiger partial charge in [-0.2, -0.15) is 4.68 Å². The lowest BCUT2D eigenvalue weighted by Gasteiger charge is -2.13. The molecule has 2 amide bonds. The van der Waals surface area contributed by atoms with Gasteiger partial charge < -0.3 is 16.0 Å². The van der Waals surface area contributed by atoms with Crippen molar-refractivity contribution in [2.75, 3.05) is 23.7 Å². The van der Waals surface area contributed by atoms with Crippen LogP contribution in [0.5, 0.6) is 0 Å². The minimum absolute atomic E-state index is 0.0417. The van der Waals surface area contributed by atoms with Crippen molar-refractivity contribution in [2.45, 2.75) is 20.8 Å². The first kappa shape index (κ1) is 21.0. The highest BCUT2D eigenvalue weighted by Gasteiger charge is 2.13. The molecule has 0 aliphatic heterocycles. The summed E-state index contributed by atoms with van der Waals surface area (Å²) in [4.78, 5) is 24.9. The minimum atomic E-state index is -0.261. The van der Waals surface area contributed by atoms with E-state index in [9.17, 15) is 9.59 Å². The van der Waals surface area contributed by atoms with Gasteiger partial charge in [-0.1, -0.05) is 32.0 Å². The second-order valence-electron chi connectivity index (χ2n) is 7.24. The van der Waals surface area contributed by atoms with Gasteiger partial charge in [0.1, 0.15) is 0 Å². The first-order valence-corrected chi connectivity index (χ1v) is 9.70. The van der Waals surface area contributed by atoms with Crippen LogP contribution in [0.1, 0.15) is 30.0 Å². The molecule has 0 aliphatic carbocycles. The summed E-state index contributed by atoms with van der Waals surface area (Å²) in [7, 11) is 0. The van der Waals surface area contributed by atoms with E-state index in [2.05, 4.69) is 31.5 Å². The smallest absolute Gasteiger partial charge is 0.253 e. The molecule has 30 heavy (non-hydrogen) atoms. The third-order valence-corrected chi connectivity index (χ3v) is 4.29. The maximum absolute atomic E-state index is 12.5. The Bertz CT molecular complexity index is 1030. The Labute approximate surface area is 174 Å². The summed E-state index contributed by atoms with van der Waals surface area (Å²) in [6.45, 7) is 6.47. The van der Waals surface area contributed by atoms with Crippen LogP contribution in [-0.2, 0) is 4.79 Å². The zero-order chi connectivity index (χ0) is 21.5. The van der Waals surface area contributed by atoms with Crippen molar-refractivity contribution in [3.63, 3.8) is 0 Å². The molecule has 156 valence electrons. The largest absolute Gasteiger partial charge is 0.376 e. The van der Waals surface area contributed by atoms with Crippen molar-refractivity contribution >= 4 is 23.2 Å². The molecule has 3 rings (SSSR count). The van der Waals surface area contributed by atoms with E-state index < -0.39 is 0 Å². The summed E-state index contributed by atoms with van der Waals surface area (Å²) in [5.74, 6) is 0.533. The zero-order valence-electron chi connectivity index (χ0n) is 17.2. The molecule has 1 heterocycles. The number of para-hydroxylation sites is 1. The Kier molecular flexibility index (Phi) is 6.74. The van der Waals surface area contributed by atoms with Crippen LogP contribution in [-0.4, -0.2) is 45.1 Å². The molecule has 0 radical (unpaired) electrons. The van der Waals surface area contributed by atoms with E-state index >= 15 is 0 Å². The third kappa shape index (κ3) is 5.40. The fourth-order valence-corrected chi connectivity index (χ4v) is 2.78. The Hall–Kier alpha value is -3.75. The molecule has 0 saturated heterocycles. The summed E-state index contributed by atoms with van der Waals surface area (Å²) < 4.78 is 1.61. The van der Waals surface area contributed by atoms with Crippen molar-refractivity contribution < 1.29 is 9.59 Å². The first-order valence-electron chi connectivity index (χ1n) is 9.70. The lowest BCUT2D eigenvalue weighted by Crippen LogP contribution is -2.29. The van der Waals surface area contributed by atoms with E-state index in [-0.39, 0.29) is 18.4 Å². The number of carbonyl (C=O) groups excluding carboxylic acids is 2. The molecule has 0 saturated carbocycles. The highest BCUT2D eigenvalue weighted by atomic mass is 16.2. The van der Waals surface area contributed by atoms with E-state index in [1.54, 1.807) is 28.9 Å². The maximum atomic E-state index is 12.5. The van der Waals surface area contributed by atoms with E-state index in [0.717, 1.165) is 11.4 Å². The van der Waals surface area contributed by atoms with Gasteiger partial charge >= 0.3 is 0 Å². The van der Waals surface area contributed by atoms with Crippen molar-refractivity contribution in [3.05, 3.63) is 59.9 Å². The van der Waals surface area contributed by atoms with Crippen LogP contribution in [0.15, 0.2) is 48.5 Å². The van der Waals surface area contributed by atoms with E-state index in [0.29, 0.717) is 29.5 Å². The first-order chi connectivity index (χ1) is 14.4. The van der Waals surface area contributed by atoms with Gasteiger partial charge in [-0.25, -0.2) is 0 Å². The number of carbonyl (C=O) groups is 2. The second kappa shape index (κ2) is 9.64. The SMILES string of the molecule is Cc1nnnn1-c1cccc(NCC(=O)Nc2ccccc2C(=O)NCC(C)C)c1. The summed E-state index contributed by atoms with van der Waals surface area (Å²) in [5, 5.41) is 20.2. The molecule has 9 heteroatoms. The van der Waals surface area contributed by atoms with E-state index in [1.165, 1.54) is 0 Å². The molecular weight excluding hydrogens is 382 g/mol. The van der Waals surface area contributed by atoms with Crippen LogP contribution >= 0.6 is 0 Å². The van der Waals surface area contributed by atoms with Gasteiger partial charge in [0.25, 0.3) is 5.91 Å². The summed E-state index contributed by atoms with van der Waals surface area (Å²) >= 11 is 0. The average molecular weight is 407 g/mol. The average Bonchev–Trinajstić information content (AvgIpc) is 3.17. The number of anilines is 2. The number of aromatic nitrogens is 4. The number of nitrogens with one attached hydrogen (secondary N) is 3. The zero-order valence-corrected chi connectivity index (χ0v) is 17.2. The third-order valence-electron chi connectivity index (χ3n) is 4.29. The number of tetrazole rings is 1. The Morgan fingerprint density at radius 3 is 2.63 bits per heavy atom. The van der Waals surface area contributed by atoms with Gasteiger partial charge in [0.15, 0.2) is 5.82 Å². The Balaban J connectivity index is 1.62. The lowest BCUT2D eigenvalue weighted by atomic mass is 10.1. The number of aryl methyl sites for hydroxylation is 1. The molecule has 0 atom stereocenters. The molecule has 3 aromatic rings. The van der Waals surface area contributed by atoms with Gasteiger partial charge in [-0.3, -0.25) is 9.59 Å². The highest BCUT2D eigenvalue weighted by molar-refractivity contribution is 6.04. The fraction of sp³-hybridized carbons (Fsp3) is 0.286. The van der Waals surface area contributed by atoms with Crippen LogP contribution in [0.25, 0.3) is 5.69 Å². The molecule has 2 aromatic carbocycles. The van der Waals surface area contributed by atoms with Crippen LogP contribution in [0.3, 0.4) is 0 Å². The lowest BCUT2D eigenvalue weighted by molar-refractivity contribution is -0.114. The predicted octanol–water partition coefficient (Wildman–Crippen LogP) is 2.41. The molecule has 0 fully saturated rings. The Morgan fingerprint density at radius 1 is 1.10 bits per heavy atom. The maximum Gasteiger partial charge on any atom is 0.253 e. The molecule has 0 bridgehead atoms. The molecule has 3 N–H and O–H groups in total.